The summed E-state index contributed by atoms with van der Waals surface area (Å²) in [6.45, 7) is 1.36. The van der Waals surface area contributed by atoms with Crippen LogP contribution in [0.15, 0.2) is 12.3 Å². The van der Waals surface area contributed by atoms with E-state index in [-0.39, 0.29) is 5.69 Å². The van der Waals surface area contributed by atoms with Gasteiger partial charge in [-0.3, -0.25) is 9.59 Å². The molecule has 7 nitrogen and oxygen atoms in total. The molecule has 0 radical (unpaired) electrons. The van der Waals surface area contributed by atoms with E-state index in [0.717, 1.165) is 25.9 Å². The van der Waals surface area contributed by atoms with Gasteiger partial charge in [-0.15, -0.1) is 0 Å². The monoisotopic (exact) mass is 250 g/mol. The first-order valence-corrected chi connectivity index (χ1v) is 5.75. The van der Waals surface area contributed by atoms with Gasteiger partial charge >= 0.3 is 5.97 Å². The van der Waals surface area contributed by atoms with Gasteiger partial charge in [0.25, 0.3) is 5.91 Å². The maximum absolute atomic E-state index is 11.6. The fourth-order valence-electron chi connectivity index (χ4n) is 1.79. The quantitative estimate of drug-likeness (QED) is 0.774. The third-order valence-corrected chi connectivity index (χ3v) is 2.66. The van der Waals surface area contributed by atoms with Gasteiger partial charge < -0.3 is 15.3 Å². The zero-order chi connectivity index (χ0) is 13.0. The molecule has 0 aromatic carbocycles. The lowest BCUT2D eigenvalue weighted by Gasteiger charge is -2.14. The van der Waals surface area contributed by atoms with Gasteiger partial charge in [-0.2, -0.15) is 0 Å². The molecule has 0 aliphatic carbocycles. The Kier molecular flexibility index (Phi) is 3.71. The van der Waals surface area contributed by atoms with Gasteiger partial charge in [-0.05, 0) is 18.9 Å². The molecular weight excluding hydrogens is 236 g/mol. The summed E-state index contributed by atoms with van der Waals surface area (Å²) in [5.74, 6) is -1.06. The van der Waals surface area contributed by atoms with Gasteiger partial charge in [-0.1, -0.05) is 0 Å². The van der Waals surface area contributed by atoms with Crippen molar-refractivity contribution >= 4 is 17.8 Å². The van der Waals surface area contributed by atoms with E-state index >= 15 is 0 Å². The highest BCUT2D eigenvalue weighted by Gasteiger charge is 2.16. The second-order valence-electron chi connectivity index (χ2n) is 4.01. The van der Waals surface area contributed by atoms with Crippen LogP contribution in [0, 0.1) is 0 Å². The Morgan fingerprint density at radius 1 is 1.39 bits per heavy atom. The molecule has 0 bridgehead atoms. The summed E-state index contributed by atoms with van der Waals surface area (Å²) in [5.41, 5.74) is 0.188. The maximum atomic E-state index is 11.6. The second-order valence-corrected chi connectivity index (χ2v) is 4.01. The molecule has 96 valence electrons. The Morgan fingerprint density at radius 3 is 2.78 bits per heavy atom. The molecule has 1 amide bonds. The number of hydrogen-bond donors (Lipinski definition) is 2. The highest BCUT2D eigenvalue weighted by Crippen LogP contribution is 2.15. The molecule has 0 saturated carbocycles. The van der Waals surface area contributed by atoms with E-state index in [2.05, 4.69) is 15.3 Å². The number of aliphatic carboxylic acids is 1. The number of hydrogen-bond acceptors (Lipinski definition) is 5. The van der Waals surface area contributed by atoms with Crippen molar-refractivity contribution < 1.29 is 14.7 Å². The highest BCUT2D eigenvalue weighted by atomic mass is 16.4. The largest absolute Gasteiger partial charge is 0.480 e. The van der Waals surface area contributed by atoms with Crippen LogP contribution in [-0.4, -0.2) is 46.6 Å². The van der Waals surface area contributed by atoms with Crippen molar-refractivity contribution in [2.24, 2.45) is 0 Å². The summed E-state index contributed by atoms with van der Waals surface area (Å²) in [5, 5.41) is 10.7. The highest BCUT2D eigenvalue weighted by molar-refractivity contribution is 5.94. The van der Waals surface area contributed by atoms with E-state index in [1.165, 1.54) is 12.3 Å². The molecular formula is C11H14N4O3. The first-order chi connectivity index (χ1) is 8.66. The van der Waals surface area contributed by atoms with Crippen LogP contribution in [0.1, 0.15) is 23.3 Å². The normalized spacial score (nSPS) is 14.6. The lowest BCUT2D eigenvalue weighted by atomic mass is 10.4. The topological polar surface area (TPSA) is 95.4 Å². The van der Waals surface area contributed by atoms with Crippen molar-refractivity contribution in [3.63, 3.8) is 0 Å². The summed E-state index contributed by atoms with van der Waals surface area (Å²) >= 11 is 0. The van der Waals surface area contributed by atoms with Crippen LogP contribution in [-0.2, 0) is 4.79 Å². The molecule has 1 saturated heterocycles. The first-order valence-electron chi connectivity index (χ1n) is 5.75. The van der Waals surface area contributed by atoms with Crippen LogP contribution in [0.3, 0.4) is 0 Å². The molecule has 0 unspecified atom stereocenters. The van der Waals surface area contributed by atoms with Crippen LogP contribution >= 0.6 is 0 Å². The van der Waals surface area contributed by atoms with Crippen molar-refractivity contribution in [2.75, 3.05) is 24.5 Å². The Hall–Kier alpha value is -2.18. The maximum Gasteiger partial charge on any atom is 0.322 e. The first kappa shape index (κ1) is 12.3. The van der Waals surface area contributed by atoms with E-state index in [1.807, 2.05) is 4.90 Å². The van der Waals surface area contributed by atoms with Crippen molar-refractivity contribution in [3.05, 3.63) is 18.0 Å². The SMILES string of the molecule is O=C(O)CNC(=O)c1ccnc(N2CCCC2)n1. The van der Waals surface area contributed by atoms with Crippen molar-refractivity contribution in [3.8, 4) is 0 Å². The van der Waals surface area contributed by atoms with Gasteiger partial charge in [0.1, 0.15) is 12.2 Å². The molecule has 0 spiro atoms. The van der Waals surface area contributed by atoms with Crippen LogP contribution in [0.25, 0.3) is 0 Å². The summed E-state index contributed by atoms with van der Waals surface area (Å²) in [4.78, 5) is 32.3. The minimum Gasteiger partial charge on any atom is -0.480 e. The summed E-state index contributed by atoms with van der Waals surface area (Å²) in [7, 11) is 0. The van der Waals surface area contributed by atoms with E-state index in [0.29, 0.717) is 5.95 Å². The number of carbonyl (C=O) groups excluding carboxylic acids is 1. The molecule has 0 atom stereocenters. The summed E-state index contributed by atoms with van der Waals surface area (Å²) < 4.78 is 0. The number of carbonyl (C=O) groups is 2. The molecule has 1 aliphatic heterocycles. The molecule has 2 rings (SSSR count). The number of carboxylic acids is 1. The van der Waals surface area contributed by atoms with Crippen LogP contribution in [0.5, 0.6) is 0 Å². The molecule has 1 aromatic heterocycles. The average molecular weight is 250 g/mol. The van der Waals surface area contributed by atoms with Crippen molar-refractivity contribution in [2.45, 2.75) is 12.8 Å². The number of nitrogens with zero attached hydrogens (tertiary/aromatic N) is 3. The average Bonchev–Trinajstić information content (AvgIpc) is 2.90. The zero-order valence-corrected chi connectivity index (χ0v) is 9.80. The second kappa shape index (κ2) is 5.44. The number of nitrogens with one attached hydrogen (secondary N) is 1. The minimum absolute atomic E-state index is 0.188. The van der Waals surface area contributed by atoms with Crippen LogP contribution in [0.2, 0.25) is 0 Å². The van der Waals surface area contributed by atoms with Gasteiger partial charge in [-0.25, -0.2) is 9.97 Å². The molecule has 2 heterocycles. The van der Waals surface area contributed by atoms with Gasteiger partial charge in [0, 0.05) is 19.3 Å². The zero-order valence-electron chi connectivity index (χ0n) is 9.80. The van der Waals surface area contributed by atoms with Gasteiger partial charge in [0.15, 0.2) is 0 Å². The van der Waals surface area contributed by atoms with Crippen molar-refractivity contribution in [1.82, 2.24) is 15.3 Å². The third-order valence-electron chi connectivity index (χ3n) is 2.66. The van der Waals surface area contributed by atoms with E-state index < -0.39 is 18.4 Å². The molecule has 1 aliphatic rings. The Labute approximate surface area is 104 Å². The standard InChI is InChI=1S/C11H14N4O3/c16-9(17)7-13-10(18)8-3-4-12-11(14-8)15-5-1-2-6-15/h3-4H,1-2,5-7H2,(H,13,18)(H,16,17). The van der Waals surface area contributed by atoms with Gasteiger partial charge in [0.2, 0.25) is 5.95 Å². The van der Waals surface area contributed by atoms with Crippen LogP contribution in [0.4, 0.5) is 5.95 Å². The Balaban J connectivity index is 2.06. The Morgan fingerprint density at radius 2 is 2.11 bits per heavy atom. The van der Waals surface area contributed by atoms with Crippen molar-refractivity contribution in [1.29, 1.82) is 0 Å². The number of rotatable bonds is 4. The molecule has 18 heavy (non-hydrogen) atoms. The van der Waals surface area contributed by atoms with Crippen LogP contribution < -0.4 is 10.2 Å². The number of carboxylic acid groups (broad SMARTS) is 1. The predicted octanol–water partition coefficient (Wildman–Crippen LogP) is -0.109. The van der Waals surface area contributed by atoms with Gasteiger partial charge in [0.05, 0.1) is 0 Å². The number of anilines is 1. The number of aromatic nitrogens is 2. The van der Waals surface area contributed by atoms with E-state index in [9.17, 15) is 9.59 Å². The van der Waals surface area contributed by atoms with E-state index in [1.54, 1.807) is 0 Å². The third kappa shape index (κ3) is 2.93. The molecule has 1 aromatic rings. The molecule has 2 N–H and O–H groups in total. The van der Waals surface area contributed by atoms with E-state index in [4.69, 9.17) is 5.11 Å². The number of amides is 1. The summed E-state index contributed by atoms with van der Waals surface area (Å²) in [6, 6.07) is 1.47. The minimum atomic E-state index is -1.09. The smallest absolute Gasteiger partial charge is 0.322 e. The lowest BCUT2D eigenvalue weighted by molar-refractivity contribution is -0.135. The molecule has 1 fully saturated rings. The lowest BCUT2D eigenvalue weighted by Crippen LogP contribution is -2.30. The fraction of sp³-hybridized carbons (Fsp3) is 0.455. The summed E-state index contributed by atoms with van der Waals surface area (Å²) in [6.07, 6.45) is 3.70. The predicted molar refractivity (Wildman–Crippen MR) is 63.4 cm³/mol. The molecule has 7 heteroatoms. The fourth-order valence-corrected chi connectivity index (χ4v) is 1.79. The Bertz CT molecular complexity index is 457.